The summed E-state index contributed by atoms with van der Waals surface area (Å²) in [5.74, 6) is 0.458. The van der Waals surface area contributed by atoms with Gasteiger partial charge in [0.1, 0.15) is 11.8 Å². The number of hydrogen-bond acceptors (Lipinski definition) is 7. The molecule has 1 saturated heterocycles. The number of amides is 2. The molecule has 36 heavy (non-hydrogen) atoms. The Morgan fingerprint density at radius 2 is 1.97 bits per heavy atom. The van der Waals surface area contributed by atoms with Crippen LogP contribution < -0.4 is 15.8 Å². The maximum Gasteiger partial charge on any atom is 0.269 e. The molecule has 1 heterocycles. The van der Waals surface area contributed by atoms with Gasteiger partial charge in [-0.3, -0.25) is 24.6 Å². The van der Waals surface area contributed by atoms with Crippen molar-refractivity contribution < 1.29 is 19.2 Å². The number of nitrogens with one attached hydrogen (secondary N) is 1. The normalized spacial score (nSPS) is 17.4. The number of non-ortho nitro benzene ring substituents is 1. The van der Waals surface area contributed by atoms with Crippen LogP contribution in [0.5, 0.6) is 5.75 Å². The second-order valence-electron chi connectivity index (χ2n) is 9.42. The Morgan fingerprint density at radius 1 is 1.25 bits per heavy atom. The largest absolute Gasteiger partial charge is 0.497 e. The molecular weight excluding hydrogens is 462 g/mol. The van der Waals surface area contributed by atoms with Crippen molar-refractivity contribution in [1.82, 2.24) is 15.1 Å². The second-order valence-corrected chi connectivity index (χ2v) is 9.42. The van der Waals surface area contributed by atoms with E-state index in [1.807, 2.05) is 0 Å². The molecule has 1 aliphatic heterocycles. The zero-order chi connectivity index (χ0) is 26.2. The molecule has 3 rings (SSSR count). The highest BCUT2D eigenvalue weighted by Gasteiger charge is 2.42. The molecule has 10 nitrogen and oxygen atoms in total. The minimum atomic E-state index is -0.633. The molecular formula is C26H35N5O5. The topological polar surface area (TPSA) is 131 Å². The average molecular weight is 498 g/mol. The van der Waals surface area contributed by atoms with Crippen LogP contribution in [-0.2, 0) is 11.3 Å². The minimum Gasteiger partial charge on any atom is -0.497 e. The van der Waals surface area contributed by atoms with Gasteiger partial charge in [-0.15, -0.1) is 0 Å². The lowest BCUT2D eigenvalue weighted by Crippen LogP contribution is -2.47. The third kappa shape index (κ3) is 6.79. The average Bonchev–Trinajstić information content (AvgIpc) is 3.32. The standard InChI is InChI=1S/C26H35N5O5/c1-18(2)15-29(16-19-7-9-21(10-8-19)31(34)35)22-14-24(25(32)28-12-11-27)30(17-22)26(33)20-5-4-6-23(13-20)36-3/h4-10,13,18,22,24H,11-12,14-17,27H2,1-3H3,(H,28,32). The number of benzene rings is 2. The van der Waals surface area contributed by atoms with Crippen molar-refractivity contribution in [2.75, 3.05) is 33.3 Å². The molecule has 0 spiro atoms. The Labute approximate surface area is 211 Å². The van der Waals surface area contributed by atoms with Crippen molar-refractivity contribution in [1.29, 1.82) is 0 Å². The van der Waals surface area contributed by atoms with E-state index in [2.05, 4.69) is 24.1 Å². The predicted octanol–water partition coefficient (Wildman–Crippen LogP) is 2.42. The molecule has 194 valence electrons. The van der Waals surface area contributed by atoms with E-state index >= 15 is 0 Å². The molecule has 10 heteroatoms. The van der Waals surface area contributed by atoms with Crippen LogP contribution in [0, 0.1) is 16.0 Å². The number of ether oxygens (including phenoxy) is 1. The number of carbonyl (C=O) groups excluding carboxylic acids is 2. The maximum atomic E-state index is 13.5. The van der Waals surface area contributed by atoms with E-state index in [4.69, 9.17) is 10.5 Å². The highest BCUT2D eigenvalue weighted by Crippen LogP contribution is 2.28. The van der Waals surface area contributed by atoms with E-state index in [1.165, 1.54) is 12.1 Å². The summed E-state index contributed by atoms with van der Waals surface area (Å²) in [6, 6.07) is 12.7. The Kier molecular flexibility index (Phi) is 9.38. The quantitative estimate of drug-likeness (QED) is 0.360. The first kappa shape index (κ1) is 27.1. The molecule has 2 aromatic rings. The van der Waals surface area contributed by atoms with Gasteiger partial charge >= 0.3 is 0 Å². The summed E-state index contributed by atoms with van der Waals surface area (Å²) in [6.07, 6.45) is 0.478. The Morgan fingerprint density at radius 3 is 2.58 bits per heavy atom. The van der Waals surface area contributed by atoms with Crippen molar-refractivity contribution in [3.05, 3.63) is 69.8 Å². The van der Waals surface area contributed by atoms with Crippen LogP contribution in [0.4, 0.5) is 5.69 Å². The van der Waals surface area contributed by atoms with Gasteiger partial charge in [0.15, 0.2) is 0 Å². The number of nitrogens with two attached hydrogens (primary N) is 1. The number of likely N-dealkylation sites (tertiary alicyclic amines) is 1. The van der Waals surface area contributed by atoms with Crippen molar-refractivity contribution in [2.45, 2.75) is 38.9 Å². The van der Waals surface area contributed by atoms with Gasteiger partial charge in [0, 0.05) is 56.5 Å². The molecule has 0 bridgehead atoms. The van der Waals surface area contributed by atoms with Gasteiger partial charge in [-0.1, -0.05) is 32.0 Å². The third-order valence-corrected chi connectivity index (χ3v) is 6.25. The molecule has 0 aliphatic carbocycles. The Hall–Kier alpha value is -3.50. The number of rotatable bonds is 11. The first-order chi connectivity index (χ1) is 17.2. The lowest BCUT2D eigenvalue weighted by molar-refractivity contribution is -0.384. The highest BCUT2D eigenvalue weighted by molar-refractivity contribution is 5.98. The zero-order valence-corrected chi connectivity index (χ0v) is 21.1. The lowest BCUT2D eigenvalue weighted by Gasteiger charge is -2.30. The van der Waals surface area contributed by atoms with E-state index < -0.39 is 11.0 Å². The van der Waals surface area contributed by atoms with Crippen LogP contribution in [-0.4, -0.2) is 71.9 Å². The number of methoxy groups -OCH3 is 1. The third-order valence-electron chi connectivity index (χ3n) is 6.25. The van der Waals surface area contributed by atoms with Crippen LogP contribution in [0.1, 0.15) is 36.2 Å². The molecule has 1 aliphatic rings. The molecule has 0 saturated carbocycles. The fourth-order valence-electron chi connectivity index (χ4n) is 4.56. The second kappa shape index (κ2) is 12.5. The fourth-order valence-corrected chi connectivity index (χ4v) is 4.56. The van der Waals surface area contributed by atoms with Gasteiger partial charge in [-0.05, 0) is 36.1 Å². The van der Waals surface area contributed by atoms with Gasteiger partial charge in [0.25, 0.3) is 11.6 Å². The Balaban J connectivity index is 1.86. The summed E-state index contributed by atoms with van der Waals surface area (Å²) < 4.78 is 5.27. The van der Waals surface area contributed by atoms with Crippen molar-refractivity contribution >= 4 is 17.5 Å². The minimum absolute atomic E-state index is 0.0433. The van der Waals surface area contributed by atoms with Crippen LogP contribution in [0.15, 0.2) is 48.5 Å². The number of nitro groups is 1. The summed E-state index contributed by atoms with van der Waals surface area (Å²) in [5, 5.41) is 13.9. The van der Waals surface area contributed by atoms with Crippen molar-refractivity contribution in [3.63, 3.8) is 0 Å². The number of carbonyl (C=O) groups is 2. The summed E-state index contributed by atoms with van der Waals surface area (Å²) in [6.45, 7) is 6.56. The Bertz CT molecular complexity index is 1060. The van der Waals surface area contributed by atoms with Gasteiger partial charge in [0.2, 0.25) is 5.91 Å². The highest BCUT2D eigenvalue weighted by atomic mass is 16.6. The number of hydrogen-bond donors (Lipinski definition) is 2. The summed E-state index contributed by atoms with van der Waals surface area (Å²) in [7, 11) is 1.54. The predicted molar refractivity (Wildman–Crippen MR) is 137 cm³/mol. The molecule has 0 aromatic heterocycles. The SMILES string of the molecule is COc1cccc(C(=O)N2CC(N(Cc3ccc([N+](=O)[O-])cc3)CC(C)C)CC2C(=O)NCCN)c1. The van der Waals surface area contributed by atoms with E-state index in [1.54, 1.807) is 48.4 Å². The maximum absolute atomic E-state index is 13.5. The molecule has 0 radical (unpaired) electrons. The van der Waals surface area contributed by atoms with Crippen molar-refractivity contribution in [2.24, 2.45) is 11.7 Å². The van der Waals surface area contributed by atoms with E-state index in [-0.39, 0.29) is 23.5 Å². The molecule has 3 N–H and O–H groups in total. The molecule has 2 amide bonds. The smallest absolute Gasteiger partial charge is 0.269 e. The summed E-state index contributed by atoms with van der Waals surface area (Å²) in [5.41, 5.74) is 7.01. The summed E-state index contributed by atoms with van der Waals surface area (Å²) >= 11 is 0. The van der Waals surface area contributed by atoms with E-state index in [9.17, 15) is 19.7 Å². The van der Waals surface area contributed by atoms with Crippen molar-refractivity contribution in [3.8, 4) is 5.75 Å². The zero-order valence-electron chi connectivity index (χ0n) is 21.1. The fraction of sp³-hybridized carbons (Fsp3) is 0.462. The van der Waals surface area contributed by atoms with Gasteiger partial charge in [-0.2, -0.15) is 0 Å². The van der Waals surface area contributed by atoms with Crippen LogP contribution in [0.2, 0.25) is 0 Å². The number of nitrogens with zero attached hydrogens (tertiary/aromatic N) is 3. The number of nitro benzene ring substituents is 1. The molecule has 2 unspecified atom stereocenters. The molecule has 2 aromatic carbocycles. The van der Waals surface area contributed by atoms with E-state index in [0.717, 1.165) is 12.1 Å². The van der Waals surface area contributed by atoms with Gasteiger partial charge in [-0.25, -0.2) is 0 Å². The summed E-state index contributed by atoms with van der Waals surface area (Å²) in [4.78, 5) is 41.1. The van der Waals surface area contributed by atoms with Crippen LogP contribution in [0.25, 0.3) is 0 Å². The van der Waals surface area contributed by atoms with E-state index in [0.29, 0.717) is 49.8 Å². The first-order valence-corrected chi connectivity index (χ1v) is 12.1. The first-order valence-electron chi connectivity index (χ1n) is 12.1. The monoisotopic (exact) mass is 497 g/mol. The van der Waals surface area contributed by atoms with Gasteiger partial charge < -0.3 is 20.7 Å². The van der Waals surface area contributed by atoms with Crippen LogP contribution >= 0.6 is 0 Å². The lowest BCUT2D eigenvalue weighted by atomic mass is 10.1. The molecule has 1 fully saturated rings. The van der Waals surface area contributed by atoms with Gasteiger partial charge in [0.05, 0.1) is 12.0 Å². The molecule has 2 atom stereocenters. The van der Waals surface area contributed by atoms with Crippen LogP contribution in [0.3, 0.4) is 0 Å².